The highest BCUT2D eigenvalue weighted by molar-refractivity contribution is 6.34. The number of hydrogen-bond acceptors (Lipinski definition) is 12. The molecule has 0 atom stereocenters. The fourth-order valence-corrected chi connectivity index (χ4v) is 5.15. The number of benzene rings is 2. The Morgan fingerprint density at radius 1 is 0.612 bits per heavy atom. The highest BCUT2D eigenvalue weighted by Gasteiger charge is 2.17. The van der Waals surface area contributed by atoms with Gasteiger partial charge in [0, 0.05) is 57.3 Å². The third-order valence-electron chi connectivity index (χ3n) is 6.78. The lowest BCUT2D eigenvalue weighted by Crippen LogP contribution is -1.99. The Bertz CT molecular complexity index is 2350. The highest BCUT2D eigenvalue weighted by atomic mass is 35.5. The Morgan fingerprint density at radius 3 is 1.65 bits per heavy atom. The molecule has 0 spiro atoms. The van der Waals surface area contributed by atoms with E-state index in [9.17, 15) is 0 Å². The number of fused-ring (bicyclic) bond motifs is 2. The first kappa shape index (κ1) is 33.2. The van der Waals surface area contributed by atoms with Gasteiger partial charge in [-0.2, -0.15) is 9.97 Å². The molecule has 0 unspecified atom stereocenters. The summed E-state index contributed by atoms with van der Waals surface area (Å²) < 4.78 is 10.4. The maximum absolute atomic E-state index is 6.11. The van der Waals surface area contributed by atoms with Crippen LogP contribution < -0.4 is 11.1 Å². The number of aromatic nitrogens is 8. The Morgan fingerprint density at radius 2 is 1.12 bits per heavy atom. The van der Waals surface area contributed by atoms with E-state index in [4.69, 9.17) is 49.6 Å². The topological polar surface area (TPSA) is 167 Å². The molecule has 15 heteroatoms. The number of hydrogen-bond donors (Lipinski definition) is 2. The molecule has 3 N–H and O–H groups in total. The summed E-state index contributed by atoms with van der Waals surface area (Å²) in [7, 11) is 0. The van der Waals surface area contributed by atoms with E-state index >= 15 is 0 Å². The summed E-state index contributed by atoms with van der Waals surface area (Å²) >= 11 is 18.1. The molecule has 0 radical (unpaired) electrons. The van der Waals surface area contributed by atoms with Crippen LogP contribution in [0.5, 0.6) is 0 Å². The molecule has 0 amide bonds. The van der Waals surface area contributed by atoms with Crippen molar-refractivity contribution in [2.45, 2.75) is 13.8 Å². The minimum atomic E-state index is 0.328. The number of anilines is 3. The highest BCUT2D eigenvalue weighted by Crippen LogP contribution is 2.31. The molecule has 12 nitrogen and oxygen atoms in total. The number of nitrogens with one attached hydrogen (secondary N) is 1. The minimum absolute atomic E-state index is 0.328. The van der Waals surface area contributed by atoms with Crippen LogP contribution in [0.2, 0.25) is 15.2 Å². The number of nitrogens with two attached hydrogens (primary N) is 1. The van der Waals surface area contributed by atoms with Gasteiger partial charge in [-0.15, -0.1) is 0 Å². The lowest BCUT2D eigenvalue weighted by Gasteiger charge is -2.08. The minimum Gasteiger partial charge on any atom is -0.399 e. The van der Waals surface area contributed by atoms with E-state index in [1.54, 1.807) is 62.0 Å². The third-order valence-corrected chi connectivity index (χ3v) is 7.53. The number of aryl methyl sites for hydroxylation is 2. The maximum atomic E-state index is 6.11. The first-order chi connectivity index (χ1) is 23.7. The molecule has 8 aromatic rings. The van der Waals surface area contributed by atoms with Crippen molar-refractivity contribution in [2.24, 2.45) is 0 Å². The second kappa shape index (κ2) is 15.0. The van der Waals surface area contributed by atoms with Gasteiger partial charge in [0.1, 0.15) is 21.7 Å². The zero-order valence-electron chi connectivity index (χ0n) is 25.8. The summed E-state index contributed by atoms with van der Waals surface area (Å²) in [6.07, 6.45) is 6.74. The van der Waals surface area contributed by atoms with Crippen LogP contribution >= 0.6 is 34.8 Å². The molecule has 0 aliphatic carbocycles. The molecule has 6 heterocycles. The van der Waals surface area contributed by atoms with Crippen LogP contribution in [-0.4, -0.2) is 40.2 Å². The van der Waals surface area contributed by atoms with Gasteiger partial charge in [-0.25, -0.2) is 9.97 Å². The first-order valence-corrected chi connectivity index (χ1v) is 15.7. The molecule has 2 aromatic carbocycles. The van der Waals surface area contributed by atoms with Gasteiger partial charge >= 0.3 is 0 Å². The van der Waals surface area contributed by atoms with E-state index in [1.165, 1.54) is 0 Å². The van der Waals surface area contributed by atoms with Crippen LogP contribution in [0.15, 0.2) is 107 Å². The van der Waals surface area contributed by atoms with Crippen molar-refractivity contribution in [1.29, 1.82) is 0 Å². The number of nitrogens with zero attached hydrogens (tertiary/aromatic N) is 8. The summed E-state index contributed by atoms with van der Waals surface area (Å²) in [5, 5.41) is 14.0. The summed E-state index contributed by atoms with van der Waals surface area (Å²) in [6.45, 7) is 3.64. The molecular weight excluding hydrogens is 687 g/mol. The molecule has 49 heavy (non-hydrogen) atoms. The van der Waals surface area contributed by atoms with Gasteiger partial charge in [0.15, 0.2) is 11.6 Å². The molecule has 244 valence electrons. The van der Waals surface area contributed by atoms with Crippen LogP contribution in [0.3, 0.4) is 0 Å². The van der Waals surface area contributed by atoms with Crippen molar-refractivity contribution >= 4 is 74.2 Å². The van der Waals surface area contributed by atoms with Crippen LogP contribution in [-0.2, 0) is 0 Å². The first-order valence-electron chi connectivity index (χ1n) is 14.5. The predicted molar refractivity (Wildman–Crippen MR) is 191 cm³/mol. The molecule has 0 aliphatic rings. The summed E-state index contributed by atoms with van der Waals surface area (Å²) in [5.41, 5.74) is 10.7. The summed E-state index contributed by atoms with van der Waals surface area (Å²) in [5.74, 6) is 1.60. The third kappa shape index (κ3) is 8.07. The zero-order chi connectivity index (χ0) is 34.3. The molecule has 0 fully saturated rings. The van der Waals surface area contributed by atoms with Gasteiger partial charge in [-0.05, 0) is 62.4 Å². The van der Waals surface area contributed by atoms with E-state index in [0.717, 1.165) is 33.6 Å². The molecule has 8 rings (SSSR count). The van der Waals surface area contributed by atoms with Gasteiger partial charge in [0.2, 0.25) is 0 Å². The summed E-state index contributed by atoms with van der Waals surface area (Å²) in [4.78, 5) is 25.4. The van der Waals surface area contributed by atoms with Crippen LogP contribution in [0.1, 0.15) is 11.4 Å². The average Bonchev–Trinajstić information content (AvgIpc) is 3.68. The number of nitrogen functional groups attached to an aromatic ring is 1. The van der Waals surface area contributed by atoms with Crippen molar-refractivity contribution in [3.63, 3.8) is 0 Å². The second-order valence-corrected chi connectivity index (χ2v) is 11.5. The molecule has 0 aliphatic heterocycles. The molecule has 6 aromatic heterocycles. The Kier molecular flexibility index (Phi) is 10.2. The second-order valence-electron chi connectivity index (χ2n) is 10.3. The standard InChI is InChI=1S/C17H12ClN5O.C12H7Cl2N3O.C5H6N2/c1-10-14-16(20-13-5-7-19-8-6-13)21-15(22-17(14)24-23-10)11-3-2-4-12(18)9-11;1-6-9-10(14)15-11(16-12(9)18-17-6)7-3-2-4-8(13)5-7;6-5-1-3-7-4-2-5/h2-9H,1H3,(H,19,20,21,22);2-5H,1H3;1-4H,(H2,6,7). The fraction of sp³-hybridized carbons (Fsp3) is 0.0588. The van der Waals surface area contributed by atoms with Gasteiger partial charge in [-0.1, -0.05) is 69.4 Å². The lowest BCUT2D eigenvalue weighted by molar-refractivity contribution is 0.443. The monoisotopic (exact) mass is 710 g/mol. The normalized spacial score (nSPS) is 10.6. The van der Waals surface area contributed by atoms with Crippen molar-refractivity contribution in [2.75, 3.05) is 11.1 Å². The smallest absolute Gasteiger partial charge is 0.263 e. The maximum Gasteiger partial charge on any atom is 0.263 e. The quantitative estimate of drug-likeness (QED) is 0.167. The van der Waals surface area contributed by atoms with Crippen LogP contribution in [0.25, 0.3) is 45.0 Å². The van der Waals surface area contributed by atoms with Crippen molar-refractivity contribution in [3.05, 3.63) is 124 Å². The van der Waals surface area contributed by atoms with E-state index in [2.05, 4.69) is 45.5 Å². The predicted octanol–water partition coefficient (Wildman–Crippen LogP) is 8.95. The molecule has 0 saturated heterocycles. The molecule has 0 bridgehead atoms. The van der Waals surface area contributed by atoms with Gasteiger partial charge in [0.05, 0.1) is 11.4 Å². The van der Waals surface area contributed by atoms with E-state index in [0.29, 0.717) is 55.2 Å². The van der Waals surface area contributed by atoms with E-state index in [1.807, 2.05) is 49.4 Å². The van der Waals surface area contributed by atoms with Crippen LogP contribution in [0, 0.1) is 13.8 Å². The summed E-state index contributed by atoms with van der Waals surface area (Å²) in [6, 6.07) is 21.8. The van der Waals surface area contributed by atoms with Crippen molar-refractivity contribution in [3.8, 4) is 22.8 Å². The number of pyridine rings is 2. The lowest BCUT2D eigenvalue weighted by atomic mass is 10.2. The van der Waals surface area contributed by atoms with Gasteiger partial charge in [-0.3, -0.25) is 9.97 Å². The Labute approximate surface area is 294 Å². The van der Waals surface area contributed by atoms with Gasteiger partial charge in [0.25, 0.3) is 11.4 Å². The largest absolute Gasteiger partial charge is 0.399 e. The van der Waals surface area contributed by atoms with E-state index < -0.39 is 0 Å². The number of halogens is 3. The van der Waals surface area contributed by atoms with E-state index in [-0.39, 0.29) is 0 Å². The van der Waals surface area contributed by atoms with Crippen molar-refractivity contribution in [1.82, 2.24) is 40.2 Å². The average molecular weight is 712 g/mol. The zero-order valence-corrected chi connectivity index (χ0v) is 28.1. The number of rotatable bonds is 4. The van der Waals surface area contributed by atoms with Crippen molar-refractivity contribution < 1.29 is 9.05 Å². The van der Waals surface area contributed by atoms with Crippen LogP contribution in [0.4, 0.5) is 17.2 Å². The Hall–Kier alpha value is -5.69. The Balaban J connectivity index is 0.000000146. The SMILES string of the molecule is Cc1noc2nc(-c3cccc(Cl)c3)nc(Cl)c12.Cc1noc2nc(-c3cccc(Cl)c3)nc(Nc3ccncc3)c12.Nc1ccncc1. The molecule has 0 saturated carbocycles. The van der Waals surface area contributed by atoms with Gasteiger partial charge < -0.3 is 20.1 Å². The fourth-order valence-electron chi connectivity index (χ4n) is 4.47. The molecular formula is C34H25Cl3N10O2.